The Bertz CT molecular complexity index is 1060. The van der Waals surface area contributed by atoms with Crippen LogP contribution in [0.15, 0.2) is 22.7 Å². The van der Waals surface area contributed by atoms with Gasteiger partial charge in [0.05, 0.1) is 12.8 Å². The molecule has 2 saturated heterocycles. The minimum Gasteiger partial charge on any atom is -0.494 e. The van der Waals surface area contributed by atoms with E-state index in [1.807, 2.05) is 18.2 Å². The lowest BCUT2D eigenvalue weighted by Crippen LogP contribution is -2.49. The second-order valence-electron chi connectivity index (χ2n) is 9.87. The summed E-state index contributed by atoms with van der Waals surface area (Å²) in [6.45, 7) is 10.4. The Balaban J connectivity index is 1.44. The number of alkyl halides is 3. The molecule has 1 aromatic carbocycles. The number of benzene rings is 1. The maximum Gasteiger partial charge on any atom is 0.471 e. The number of anilines is 2. The van der Waals surface area contributed by atoms with Crippen molar-refractivity contribution in [1.29, 1.82) is 0 Å². The number of urea groups is 1. The molecule has 2 fully saturated rings. The first kappa shape index (κ1) is 26.1. The fraction of sp³-hybridized carbons (Fsp3) is 0.625. The number of rotatable bonds is 5. The number of halogens is 3. The van der Waals surface area contributed by atoms with E-state index >= 15 is 0 Å². The van der Waals surface area contributed by atoms with Crippen molar-refractivity contribution in [3.63, 3.8) is 0 Å². The summed E-state index contributed by atoms with van der Waals surface area (Å²) in [7, 11) is 1.57. The van der Waals surface area contributed by atoms with Gasteiger partial charge < -0.3 is 24.4 Å². The van der Waals surface area contributed by atoms with E-state index < -0.39 is 17.5 Å². The number of methoxy groups -OCH3 is 1. The first-order valence-corrected chi connectivity index (χ1v) is 12.1. The molecule has 2 amide bonds. The Morgan fingerprint density at radius 2 is 1.81 bits per heavy atom. The molecule has 0 saturated carbocycles. The summed E-state index contributed by atoms with van der Waals surface area (Å²) in [5.74, 6) is -0.764. The number of piperazine rings is 1. The smallest absolute Gasteiger partial charge is 0.471 e. The fourth-order valence-corrected chi connectivity index (χ4v) is 4.75. The van der Waals surface area contributed by atoms with Crippen molar-refractivity contribution in [1.82, 2.24) is 19.9 Å². The van der Waals surface area contributed by atoms with Crippen LogP contribution < -0.4 is 15.0 Å². The van der Waals surface area contributed by atoms with Crippen LogP contribution in [-0.2, 0) is 11.6 Å². The average molecular weight is 511 g/mol. The number of ether oxygens (including phenoxy) is 1. The van der Waals surface area contributed by atoms with Gasteiger partial charge in [0.25, 0.3) is 0 Å². The molecule has 1 N–H and O–H groups in total. The van der Waals surface area contributed by atoms with Crippen molar-refractivity contribution in [2.45, 2.75) is 51.2 Å². The van der Waals surface area contributed by atoms with Gasteiger partial charge in [0.1, 0.15) is 11.4 Å². The normalized spacial score (nSPS) is 19.0. The predicted molar refractivity (Wildman–Crippen MR) is 128 cm³/mol. The highest BCUT2D eigenvalue weighted by Gasteiger charge is 2.43. The third-order valence-corrected chi connectivity index (χ3v) is 7.20. The molecule has 1 aromatic heterocycles. The second kappa shape index (κ2) is 10.2. The second-order valence-corrected chi connectivity index (χ2v) is 9.87. The van der Waals surface area contributed by atoms with Gasteiger partial charge >= 0.3 is 18.1 Å². The zero-order valence-electron chi connectivity index (χ0n) is 21.1. The topological polar surface area (TPSA) is 87.0 Å². The van der Waals surface area contributed by atoms with Gasteiger partial charge in [-0.3, -0.25) is 4.90 Å². The van der Waals surface area contributed by atoms with Gasteiger partial charge in [0.15, 0.2) is 5.82 Å². The van der Waals surface area contributed by atoms with Crippen LogP contribution in [0, 0.1) is 0 Å². The lowest BCUT2D eigenvalue weighted by atomic mass is 9.80. The summed E-state index contributed by atoms with van der Waals surface area (Å²) < 4.78 is 48.6. The molecule has 2 aromatic rings. The van der Waals surface area contributed by atoms with Gasteiger partial charge in [-0.05, 0) is 38.8 Å². The number of hydrogen-bond donors (Lipinski definition) is 1. The summed E-state index contributed by atoms with van der Waals surface area (Å²) in [4.78, 5) is 23.1. The van der Waals surface area contributed by atoms with E-state index in [1.54, 1.807) is 18.9 Å². The van der Waals surface area contributed by atoms with Gasteiger partial charge in [0, 0.05) is 50.7 Å². The molecule has 2 aliphatic heterocycles. The van der Waals surface area contributed by atoms with Crippen molar-refractivity contribution >= 4 is 17.4 Å². The monoisotopic (exact) mass is 510 g/mol. The summed E-state index contributed by atoms with van der Waals surface area (Å²) in [5.41, 5.74) is 0.805. The Morgan fingerprint density at radius 3 is 2.36 bits per heavy atom. The van der Waals surface area contributed by atoms with Crippen LogP contribution in [0.3, 0.4) is 0 Å². The van der Waals surface area contributed by atoms with Crippen molar-refractivity contribution in [3.05, 3.63) is 29.9 Å². The van der Waals surface area contributed by atoms with E-state index in [0.29, 0.717) is 43.4 Å². The predicted octanol–water partition coefficient (Wildman–Crippen LogP) is 4.21. The number of piperidine rings is 1. The lowest BCUT2D eigenvalue weighted by Gasteiger charge is -2.39. The quantitative estimate of drug-likeness (QED) is 0.645. The van der Waals surface area contributed by atoms with Crippen LogP contribution in [-0.4, -0.2) is 78.4 Å². The van der Waals surface area contributed by atoms with Crippen molar-refractivity contribution in [2.75, 3.05) is 56.6 Å². The number of nitrogens with one attached hydrogen (secondary N) is 1. The Morgan fingerprint density at radius 1 is 1.14 bits per heavy atom. The number of para-hydroxylation sites is 1. The maximum absolute atomic E-state index is 13.2. The van der Waals surface area contributed by atoms with Crippen LogP contribution in [0.25, 0.3) is 0 Å². The molecule has 36 heavy (non-hydrogen) atoms. The van der Waals surface area contributed by atoms with E-state index in [1.165, 1.54) is 0 Å². The van der Waals surface area contributed by atoms with Gasteiger partial charge in [-0.1, -0.05) is 18.1 Å². The molecular weight excluding hydrogens is 477 g/mol. The summed E-state index contributed by atoms with van der Waals surface area (Å²) in [5, 5.41) is 6.60. The molecule has 12 heteroatoms. The molecule has 0 unspecified atom stereocenters. The third-order valence-electron chi connectivity index (χ3n) is 7.20. The first-order chi connectivity index (χ1) is 17.0. The minimum absolute atomic E-state index is 0.0161. The lowest BCUT2D eigenvalue weighted by molar-refractivity contribution is -0.159. The van der Waals surface area contributed by atoms with E-state index in [9.17, 15) is 18.0 Å². The number of hydrogen-bond acceptors (Lipinski definition) is 7. The highest BCUT2D eigenvalue weighted by Crippen LogP contribution is 2.38. The largest absolute Gasteiger partial charge is 0.494 e. The Kier molecular flexibility index (Phi) is 7.35. The Hall–Kier alpha value is -3.02. The minimum atomic E-state index is -4.68. The van der Waals surface area contributed by atoms with Gasteiger partial charge in [-0.2, -0.15) is 18.2 Å². The highest BCUT2D eigenvalue weighted by molar-refractivity contribution is 5.95. The van der Waals surface area contributed by atoms with E-state index in [4.69, 9.17) is 4.74 Å². The molecule has 4 rings (SSSR count). The SMILES string of the molecule is COc1cccc(N2CCN(C(C)C)CC2)c1NC(=O)N1CCC(C)(c2noc(C(F)(F)F)n2)CC1. The molecular formula is C24H33F3N6O3. The van der Waals surface area contributed by atoms with Crippen LogP contribution in [0.1, 0.15) is 45.3 Å². The fourth-order valence-electron chi connectivity index (χ4n) is 4.75. The number of amides is 2. The molecule has 0 atom stereocenters. The van der Waals surface area contributed by atoms with Gasteiger partial charge in [-0.25, -0.2) is 4.79 Å². The summed E-state index contributed by atoms with van der Waals surface area (Å²) in [6.07, 6.45) is -3.86. The Labute approximate surface area is 208 Å². The number of likely N-dealkylation sites (tertiary alicyclic amines) is 1. The molecule has 2 aliphatic rings. The van der Waals surface area contributed by atoms with Crippen LogP contribution in [0.4, 0.5) is 29.3 Å². The zero-order chi connectivity index (χ0) is 26.1. The van der Waals surface area contributed by atoms with E-state index in [2.05, 4.69) is 43.6 Å². The van der Waals surface area contributed by atoms with Gasteiger partial charge in [0.2, 0.25) is 0 Å². The third kappa shape index (κ3) is 5.37. The van der Waals surface area contributed by atoms with Crippen molar-refractivity contribution in [2.24, 2.45) is 0 Å². The van der Waals surface area contributed by atoms with Crippen LogP contribution >= 0.6 is 0 Å². The van der Waals surface area contributed by atoms with Crippen molar-refractivity contribution in [3.8, 4) is 5.75 Å². The average Bonchev–Trinajstić information content (AvgIpc) is 3.37. The van der Waals surface area contributed by atoms with E-state index in [0.717, 1.165) is 31.9 Å². The summed E-state index contributed by atoms with van der Waals surface area (Å²) in [6, 6.07) is 5.89. The molecule has 0 aliphatic carbocycles. The maximum atomic E-state index is 13.2. The number of nitrogens with zero attached hydrogens (tertiary/aromatic N) is 5. The number of carbonyl (C=O) groups is 1. The van der Waals surface area contributed by atoms with Crippen LogP contribution in [0.2, 0.25) is 0 Å². The molecule has 198 valence electrons. The molecule has 9 nitrogen and oxygen atoms in total. The van der Waals surface area contributed by atoms with Gasteiger partial charge in [-0.15, -0.1) is 0 Å². The molecule has 0 radical (unpaired) electrons. The molecule has 3 heterocycles. The standard InChI is InChI=1S/C24H33F3N6O3/c1-16(2)31-12-14-32(15-13-31)17-6-5-7-18(35-4)19(17)28-22(34)33-10-8-23(3,9-11-33)20-29-21(36-30-20)24(25,26)27/h5-7,16H,8-15H2,1-4H3,(H,28,34). The molecule has 0 spiro atoms. The highest BCUT2D eigenvalue weighted by atomic mass is 19.4. The zero-order valence-corrected chi connectivity index (χ0v) is 21.1. The summed E-state index contributed by atoms with van der Waals surface area (Å²) >= 11 is 0. The number of aromatic nitrogens is 2. The van der Waals surface area contributed by atoms with E-state index in [-0.39, 0.29) is 11.9 Å². The molecule has 0 bridgehead atoms. The number of carbonyl (C=O) groups excluding carboxylic acids is 1. The van der Waals surface area contributed by atoms with Crippen molar-refractivity contribution < 1.29 is 27.2 Å². The first-order valence-electron chi connectivity index (χ1n) is 12.1. The van der Waals surface area contributed by atoms with Crippen LogP contribution in [0.5, 0.6) is 5.75 Å².